The second kappa shape index (κ2) is 6.48. The highest BCUT2D eigenvalue weighted by molar-refractivity contribution is 5.88. The molecule has 2 rings (SSSR count). The predicted molar refractivity (Wildman–Crippen MR) is 83.2 cm³/mol. The molecule has 0 saturated carbocycles. The van der Waals surface area contributed by atoms with Gasteiger partial charge in [-0.3, -0.25) is 14.3 Å². The third kappa shape index (κ3) is 3.14. The molecule has 2 amide bonds. The Morgan fingerprint density at radius 1 is 1.36 bits per heavy atom. The Morgan fingerprint density at radius 2 is 2.05 bits per heavy atom. The molecule has 22 heavy (non-hydrogen) atoms. The van der Waals surface area contributed by atoms with Gasteiger partial charge < -0.3 is 16.0 Å². The number of likely N-dealkylation sites (tertiary alicyclic amines) is 1. The maximum atomic E-state index is 12.4. The van der Waals surface area contributed by atoms with E-state index >= 15 is 0 Å². The zero-order valence-electron chi connectivity index (χ0n) is 13.7. The number of nitrogens with one attached hydrogen (secondary N) is 1. The van der Waals surface area contributed by atoms with E-state index in [1.54, 1.807) is 11.9 Å². The van der Waals surface area contributed by atoms with Crippen molar-refractivity contribution in [1.82, 2.24) is 20.0 Å². The van der Waals surface area contributed by atoms with Crippen molar-refractivity contribution in [2.75, 3.05) is 13.6 Å². The Labute approximate surface area is 130 Å². The van der Waals surface area contributed by atoms with Crippen molar-refractivity contribution >= 4 is 11.8 Å². The molecule has 2 atom stereocenters. The number of carbonyl (C=O) groups is 2. The molecular weight excluding hydrogens is 282 g/mol. The summed E-state index contributed by atoms with van der Waals surface area (Å²) in [7, 11) is 1.58. The number of likely N-dealkylation sites (N-methyl/N-ethyl adjacent to an activating group) is 1. The number of hydrogen-bond acceptors (Lipinski definition) is 4. The quantitative estimate of drug-likeness (QED) is 0.810. The van der Waals surface area contributed by atoms with E-state index in [0.29, 0.717) is 25.9 Å². The molecule has 3 N–H and O–H groups in total. The molecule has 0 aromatic carbocycles. The first kappa shape index (κ1) is 16.5. The van der Waals surface area contributed by atoms with Crippen molar-refractivity contribution in [3.05, 3.63) is 17.0 Å². The van der Waals surface area contributed by atoms with E-state index < -0.39 is 6.04 Å². The standard InChI is InChI=1S/C15H25N5O2/c1-9-10(2)18-20(11(9)3)6-5-14(21)19-8-12(16)7-13(19)15(22)17-4/h12-13H,5-8,16H2,1-4H3,(H,17,22)/t12-,13+/m1/s1. The zero-order valence-corrected chi connectivity index (χ0v) is 13.7. The number of nitrogens with two attached hydrogens (primary N) is 1. The van der Waals surface area contributed by atoms with Crippen LogP contribution in [-0.4, -0.2) is 52.2 Å². The lowest BCUT2D eigenvalue weighted by molar-refractivity contribution is -0.138. The normalized spacial score (nSPS) is 21.2. The van der Waals surface area contributed by atoms with Gasteiger partial charge in [-0.2, -0.15) is 5.10 Å². The first-order chi connectivity index (χ1) is 10.3. The van der Waals surface area contributed by atoms with Crippen LogP contribution in [0.15, 0.2) is 0 Å². The van der Waals surface area contributed by atoms with Crippen LogP contribution in [0.2, 0.25) is 0 Å². The fourth-order valence-electron chi connectivity index (χ4n) is 2.91. The van der Waals surface area contributed by atoms with Crippen LogP contribution < -0.4 is 11.1 Å². The summed E-state index contributed by atoms with van der Waals surface area (Å²) in [5, 5.41) is 7.04. The van der Waals surface area contributed by atoms with Gasteiger partial charge in [0.1, 0.15) is 6.04 Å². The van der Waals surface area contributed by atoms with Crippen molar-refractivity contribution in [1.29, 1.82) is 0 Å². The van der Waals surface area contributed by atoms with Gasteiger partial charge in [-0.1, -0.05) is 0 Å². The number of nitrogens with zero attached hydrogens (tertiary/aromatic N) is 3. The average Bonchev–Trinajstić information content (AvgIpc) is 3.00. The number of aromatic nitrogens is 2. The number of hydrogen-bond donors (Lipinski definition) is 2. The molecular formula is C15H25N5O2. The second-order valence-electron chi connectivity index (χ2n) is 5.94. The zero-order chi connectivity index (χ0) is 16.4. The fourth-order valence-corrected chi connectivity index (χ4v) is 2.91. The maximum absolute atomic E-state index is 12.4. The number of carbonyl (C=O) groups excluding carboxylic acids is 2. The van der Waals surface area contributed by atoms with E-state index in [-0.39, 0.29) is 17.9 Å². The third-order valence-corrected chi connectivity index (χ3v) is 4.48. The molecule has 0 bridgehead atoms. The minimum atomic E-state index is -0.449. The molecule has 0 aliphatic carbocycles. The van der Waals surface area contributed by atoms with Gasteiger partial charge in [-0.15, -0.1) is 0 Å². The number of amides is 2. The van der Waals surface area contributed by atoms with Gasteiger partial charge in [0, 0.05) is 38.3 Å². The van der Waals surface area contributed by atoms with Crippen LogP contribution >= 0.6 is 0 Å². The van der Waals surface area contributed by atoms with Crippen molar-refractivity contribution in [2.45, 2.75) is 52.2 Å². The Bertz CT molecular complexity index is 581. The molecule has 0 unspecified atom stereocenters. The summed E-state index contributed by atoms with van der Waals surface area (Å²) in [6.45, 7) is 6.94. The topological polar surface area (TPSA) is 93.3 Å². The summed E-state index contributed by atoms with van der Waals surface area (Å²) in [5.74, 6) is -0.199. The van der Waals surface area contributed by atoms with Crippen molar-refractivity contribution in [3.63, 3.8) is 0 Å². The third-order valence-electron chi connectivity index (χ3n) is 4.48. The highest BCUT2D eigenvalue weighted by Gasteiger charge is 2.37. The molecule has 1 aliphatic rings. The Morgan fingerprint density at radius 3 is 2.59 bits per heavy atom. The highest BCUT2D eigenvalue weighted by Crippen LogP contribution is 2.19. The summed E-state index contributed by atoms with van der Waals surface area (Å²) >= 11 is 0. The predicted octanol–water partition coefficient (Wildman–Crippen LogP) is -0.127. The van der Waals surface area contributed by atoms with E-state index in [2.05, 4.69) is 10.4 Å². The van der Waals surface area contributed by atoms with E-state index in [1.165, 1.54) is 0 Å². The summed E-state index contributed by atoms with van der Waals surface area (Å²) in [4.78, 5) is 25.9. The summed E-state index contributed by atoms with van der Waals surface area (Å²) in [6, 6.07) is -0.586. The smallest absolute Gasteiger partial charge is 0.242 e. The van der Waals surface area contributed by atoms with Crippen LogP contribution in [0.5, 0.6) is 0 Å². The number of rotatable bonds is 4. The molecule has 0 spiro atoms. The van der Waals surface area contributed by atoms with Gasteiger partial charge >= 0.3 is 0 Å². The first-order valence-electron chi connectivity index (χ1n) is 7.62. The molecule has 2 heterocycles. The van der Waals surface area contributed by atoms with Gasteiger partial charge in [-0.05, 0) is 32.8 Å². The van der Waals surface area contributed by atoms with E-state index in [9.17, 15) is 9.59 Å². The Kier molecular flexibility index (Phi) is 4.85. The van der Waals surface area contributed by atoms with Gasteiger partial charge in [0.2, 0.25) is 11.8 Å². The molecule has 1 fully saturated rings. The summed E-state index contributed by atoms with van der Waals surface area (Å²) in [5.41, 5.74) is 9.12. The SMILES string of the molecule is CNC(=O)[C@@H]1C[C@@H](N)CN1C(=O)CCn1nc(C)c(C)c1C. The monoisotopic (exact) mass is 307 g/mol. The molecule has 0 radical (unpaired) electrons. The van der Waals surface area contributed by atoms with Crippen molar-refractivity contribution in [3.8, 4) is 0 Å². The minimum absolute atomic E-state index is 0.0493. The lowest BCUT2D eigenvalue weighted by atomic mass is 10.1. The van der Waals surface area contributed by atoms with Gasteiger partial charge in [0.25, 0.3) is 0 Å². The molecule has 1 aromatic heterocycles. The van der Waals surface area contributed by atoms with Crippen molar-refractivity contribution < 1.29 is 9.59 Å². The largest absolute Gasteiger partial charge is 0.357 e. The van der Waals surface area contributed by atoms with Gasteiger partial charge in [0.15, 0.2) is 0 Å². The average molecular weight is 307 g/mol. The minimum Gasteiger partial charge on any atom is -0.357 e. The fraction of sp³-hybridized carbons (Fsp3) is 0.667. The van der Waals surface area contributed by atoms with Crippen molar-refractivity contribution in [2.24, 2.45) is 5.73 Å². The van der Waals surface area contributed by atoms with Crippen LogP contribution in [0.3, 0.4) is 0 Å². The lowest BCUT2D eigenvalue weighted by Gasteiger charge is -2.23. The summed E-state index contributed by atoms with van der Waals surface area (Å²) < 4.78 is 1.85. The van der Waals surface area contributed by atoms with Crippen LogP contribution in [0.4, 0.5) is 0 Å². The molecule has 7 heteroatoms. The lowest BCUT2D eigenvalue weighted by Crippen LogP contribution is -2.45. The molecule has 122 valence electrons. The first-order valence-corrected chi connectivity index (χ1v) is 7.62. The van der Waals surface area contributed by atoms with Gasteiger partial charge in [-0.25, -0.2) is 0 Å². The Hall–Kier alpha value is -1.89. The molecule has 1 aliphatic heterocycles. The molecule has 1 aromatic rings. The number of aryl methyl sites for hydroxylation is 2. The Balaban J connectivity index is 2.02. The van der Waals surface area contributed by atoms with Crippen LogP contribution in [0.1, 0.15) is 29.8 Å². The van der Waals surface area contributed by atoms with Crippen LogP contribution in [0.25, 0.3) is 0 Å². The summed E-state index contributed by atoms with van der Waals surface area (Å²) in [6.07, 6.45) is 0.839. The molecule has 1 saturated heterocycles. The second-order valence-corrected chi connectivity index (χ2v) is 5.94. The van der Waals surface area contributed by atoms with Crippen LogP contribution in [0, 0.1) is 20.8 Å². The van der Waals surface area contributed by atoms with Gasteiger partial charge in [0.05, 0.1) is 5.69 Å². The molecule has 7 nitrogen and oxygen atoms in total. The van der Waals surface area contributed by atoms with E-state index in [1.807, 2.05) is 25.5 Å². The van der Waals surface area contributed by atoms with Crippen LogP contribution in [-0.2, 0) is 16.1 Å². The maximum Gasteiger partial charge on any atom is 0.242 e. The van der Waals surface area contributed by atoms with E-state index in [0.717, 1.165) is 17.0 Å². The van der Waals surface area contributed by atoms with E-state index in [4.69, 9.17) is 5.73 Å². The highest BCUT2D eigenvalue weighted by atomic mass is 16.2.